The number of hydrazone groups is 1. The van der Waals surface area contributed by atoms with E-state index in [9.17, 15) is 0 Å². The molecule has 3 aromatic rings. The van der Waals surface area contributed by atoms with E-state index in [0.29, 0.717) is 5.11 Å². The Balaban J connectivity index is 1.64. The lowest BCUT2D eigenvalue weighted by atomic mass is 10.0. The van der Waals surface area contributed by atoms with Crippen LogP contribution in [0.4, 0.5) is 5.69 Å². The van der Waals surface area contributed by atoms with Gasteiger partial charge in [-0.3, -0.25) is 0 Å². The number of thiocarbonyl (C=S) groups is 1. The molecular formula is C21H19N3OS. The largest absolute Gasteiger partial charge is 0.464 e. The zero-order valence-electron chi connectivity index (χ0n) is 14.4. The van der Waals surface area contributed by atoms with Gasteiger partial charge in [0.15, 0.2) is 5.11 Å². The number of aryl methyl sites for hydroxylation is 1. The Morgan fingerprint density at radius 3 is 2.38 bits per heavy atom. The molecule has 1 aromatic heterocycles. The van der Waals surface area contributed by atoms with Crippen molar-refractivity contribution in [3.05, 3.63) is 89.9 Å². The van der Waals surface area contributed by atoms with Crippen molar-refractivity contribution >= 4 is 28.7 Å². The minimum Gasteiger partial charge on any atom is -0.464 e. The predicted octanol–water partition coefficient (Wildman–Crippen LogP) is 5.14. The van der Waals surface area contributed by atoms with Crippen molar-refractivity contribution in [1.29, 1.82) is 0 Å². The molecule has 2 heterocycles. The van der Waals surface area contributed by atoms with Crippen molar-refractivity contribution in [3.8, 4) is 0 Å². The lowest BCUT2D eigenvalue weighted by Crippen LogP contribution is -2.30. The first kappa shape index (κ1) is 16.5. The van der Waals surface area contributed by atoms with Crippen LogP contribution in [-0.4, -0.2) is 15.8 Å². The number of rotatable bonds is 3. The first-order chi connectivity index (χ1) is 12.7. The molecule has 0 fully saturated rings. The monoisotopic (exact) mass is 361 g/mol. The highest BCUT2D eigenvalue weighted by molar-refractivity contribution is 7.80. The number of anilines is 1. The van der Waals surface area contributed by atoms with Crippen LogP contribution in [0.3, 0.4) is 0 Å². The van der Waals surface area contributed by atoms with Gasteiger partial charge in [-0.2, -0.15) is 5.10 Å². The molecule has 0 bridgehead atoms. The summed E-state index contributed by atoms with van der Waals surface area (Å²) in [5, 5.41) is 10.5. The molecule has 0 spiro atoms. The maximum Gasteiger partial charge on any atom is 0.194 e. The van der Waals surface area contributed by atoms with Gasteiger partial charge >= 0.3 is 0 Å². The van der Waals surface area contributed by atoms with Gasteiger partial charge in [-0.05, 0) is 49.0 Å². The van der Waals surface area contributed by atoms with Gasteiger partial charge in [0.05, 0.1) is 5.71 Å². The fourth-order valence-electron chi connectivity index (χ4n) is 3.06. The summed E-state index contributed by atoms with van der Waals surface area (Å²) in [6, 6.07) is 24.0. The van der Waals surface area contributed by atoms with E-state index in [-0.39, 0.29) is 6.04 Å². The van der Waals surface area contributed by atoms with Crippen LogP contribution in [-0.2, 0) is 0 Å². The molecule has 1 aliphatic heterocycles. The summed E-state index contributed by atoms with van der Waals surface area (Å²) < 4.78 is 5.88. The number of benzene rings is 2. The van der Waals surface area contributed by atoms with Crippen molar-refractivity contribution < 1.29 is 4.42 Å². The average Bonchev–Trinajstić information content (AvgIpc) is 3.30. The van der Waals surface area contributed by atoms with E-state index in [1.54, 1.807) is 0 Å². The molecule has 0 saturated heterocycles. The van der Waals surface area contributed by atoms with E-state index in [1.165, 1.54) is 0 Å². The molecule has 0 unspecified atom stereocenters. The van der Waals surface area contributed by atoms with E-state index in [2.05, 4.69) is 17.4 Å². The van der Waals surface area contributed by atoms with Crippen molar-refractivity contribution in [3.63, 3.8) is 0 Å². The maximum absolute atomic E-state index is 5.88. The summed E-state index contributed by atoms with van der Waals surface area (Å²) >= 11 is 5.65. The molecule has 0 amide bonds. The highest BCUT2D eigenvalue weighted by atomic mass is 32.1. The minimum absolute atomic E-state index is 0.0531. The van der Waals surface area contributed by atoms with E-state index in [0.717, 1.165) is 34.9 Å². The Morgan fingerprint density at radius 1 is 1.04 bits per heavy atom. The van der Waals surface area contributed by atoms with Gasteiger partial charge in [-0.1, -0.05) is 48.5 Å². The second kappa shape index (κ2) is 7.14. The Labute approximate surface area is 158 Å². The van der Waals surface area contributed by atoms with Crippen molar-refractivity contribution in [2.45, 2.75) is 19.4 Å². The van der Waals surface area contributed by atoms with Gasteiger partial charge in [0.25, 0.3) is 0 Å². The van der Waals surface area contributed by atoms with Crippen LogP contribution >= 0.6 is 12.2 Å². The summed E-state index contributed by atoms with van der Waals surface area (Å²) in [7, 11) is 0. The molecule has 4 nitrogen and oxygen atoms in total. The maximum atomic E-state index is 5.88. The number of nitrogens with zero attached hydrogens (tertiary/aromatic N) is 2. The number of para-hydroxylation sites is 1. The third kappa shape index (κ3) is 3.39. The number of hydrogen-bond donors (Lipinski definition) is 1. The van der Waals surface area contributed by atoms with Crippen LogP contribution in [0.1, 0.15) is 29.5 Å². The molecule has 0 radical (unpaired) electrons. The lowest BCUT2D eigenvalue weighted by Gasteiger charge is -2.23. The van der Waals surface area contributed by atoms with Crippen LogP contribution in [0, 0.1) is 6.92 Å². The van der Waals surface area contributed by atoms with Gasteiger partial charge in [-0.15, -0.1) is 0 Å². The Bertz CT molecular complexity index is 934. The standard InChI is InChI=1S/C21H19N3OS/c1-15-12-13-20(25-15)19-14-18(16-8-4-2-5-9-16)23-24(19)21(26)22-17-10-6-3-7-11-17/h2-13,19H,14H2,1H3,(H,22,26)/t19-/m1/s1. The van der Waals surface area contributed by atoms with E-state index in [1.807, 2.05) is 72.6 Å². The van der Waals surface area contributed by atoms with Gasteiger partial charge < -0.3 is 9.73 Å². The molecule has 0 aliphatic carbocycles. The smallest absolute Gasteiger partial charge is 0.194 e. The molecule has 1 N–H and O–H groups in total. The molecule has 1 atom stereocenters. The summed E-state index contributed by atoms with van der Waals surface area (Å²) in [5.74, 6) is 1.75. The lowest BCUT2D eigenvalue weighted by molar-refractivity contribution is 0.313. The molecular weight excluding hydrogens is 342 g/mol. The van der Waals surface area contributed by atoms with Crippen LogP contribution in [0.2, 0.25) is 0 Å². The van der Waals surface area contributed by atoms with Gasteiger partial charge in [0.2, 0.25) is 0 Å². The van der Waals surface area contributed by atoms with Gasteiger partial charge in [0, 0.05) is 12.1 Å². The SMILES string of the molecule is Cc1ccc([C@H]2CC(c3ccccc3)=NN2C(=S)Nc2ccccc2)o1. The Morgan fingerprint density at radius 2 is 1.73 bits per heavy atom. The number of nitrogens with one attached hydrogen (secondary N) is 1. The first-order valence-corrected chi connectivity index (χ1v) is 8.96. The highest BCUT2D eigenvalue weighted by Gasteiger charge is 2.33. The fourth-order valence-corrected chi connectivity index (χ4v) is 3.35. The van der Waals surface area contributed by atoms with E-state index in [4.69, 9.17) is 21.7 Å². The molecule has 4 rings (SSSR count). The molecule has 0 saturated carbocycles. The molecule has 26 heavy (non-hydrogen) atoms. The summed E-state index contributed by atoms with van der Waals surface area (Å²) in [4.78, 5) is 0. The Kier molecular flexibility index (Phi) is 4.54. The Hall–Kier alpha value is -2.92. The van der Waals surface area contributed by atoms with Gasteiger partial charge in [-0.25, -0.2) is 5.01 Å². The van der Waals surface area contributed by atoms with E-state index >= 15 is 0 Å². The van der Waals surface area contributed by atoms with Crippen molar-refractivity contribution in [1.82, 2.24) is 5.01 Å². The zero-order valence-corrected chi connectivity index (χ0v) is 15.2. The third-order valence-corrected chi connectivity index (χ3v) is 4.63. The molecule has 5 heteroatoms. The van der Waals surface area contributed by atoms with Crippen LogP contribution < -0.4 is 5.32 Å². The summed E-state index contributed by atoms with van der Waals surface area (Å²) in [6.07, 6.45) is 0.744. The van der Waals surface area contributed by atoms with Crippen LogP contribution in [0.5, 0.6) is 0 Å². The second-order valence-electron chi connectivity index (χ2n) is 6.22. The first-order valence-electron chi connectivity index (χ1n) is 8.55. The van der Waals surface area contributed by atoms with Gasteiger partial charge in [0.1, 0.15) is 17.6 Å². The number of furan rings is 1. The fraction of sp³-hybridized carbons (Fsp3) is 0.143. The quantitative estimate of drug-likeness (QED) is 0.656. The second-order valence-corrected chi connectivity index (χ2v) is 6.61. The molecule has 2 aromatic carbocycles. The summed E-state index contributed by atoms with van der Waals surface area (Å²) in [6.45, 7) is 1.95. The minimum atomic E-state index is -0.0531. The molecule has 1 aliphatic rings. The third-order valence-electron chi connectivity index (χ3n) is 4.34. The summed E-state index contributed by atoms with van der Waals surface area (Å²) in [5.41, 5.74) is 3.04. The van der Waals surface area contributed by atoms with Crippen LogP contribution in [0.25, 0.3) is 0 Å². The highest BCUT2D eigenvalue weighted by Crippen LogP contribution is 2.34. The average molecular weight is 361 g/mol. The predicted molar refractivity (Wildman–Crippen MR) is 108 cm³/mol. The number of hydrogen-bond acceptors (Lipinski definition) is 3. The van der Waals surface area contributed by atoms with Crippen LogP contribution in [0.15, 0.2) is 82.3 Å². The molecule has 130 valence electrons. The zero-order chi connectivity index (χ0) is 17.9. The van der Waals surface area contributed by atoms with Crippen molar-refractivity contribution in [2.75, 3.05) is 5.32 Å². The normalized spacial score (nSPS) is 16.4. The van der Waals surface area contributed by atoms with Crippen molar-refractivity contribution in [2.24, 2.45) is 5.10 Å². The topological polar surface area (TPSA) is 40.8 Å². The van der Waals surface area contributed by atoms with E-state index < -0.39 is 0 Å².